The molecule has 0 aliphatic carbocycles. The molecule has 2 aliphatic heterocycles. The molecule has 0 radical (unpaired) electrons. The molecule has 150 valence electrons. The van der Waals surface area contributed by atoms with Gasteiger partial charge in [-0.15, -0.1) is 12.4 Å². The largest absolute Gasteiger partial charge is 0.493 e. The Labute approximate surface area is 171 Å². The molecule has 1 atom stereocenters. The summed E-state index contributed by atoms with van der Waals surface area (Å²) in [6.07, 6.45) is 2.46. The van der Waals surface area contributed by atoms with E-state index in [9.17, 15) is 5.11 Å². The number of hydrogen-bond donors (Lipinski definition) is 2. The molecule has 1 unspecified atom stereocenters. The van der Waals surface area contributed by atoms with Gasteiger partial charge in [0.1, 0.15) is 12.2 Å². The van der Waals surface area contributed by atoms with E-state index in [0.29, 0.717) is 11.5 Å². The van der Waals surface area contributed by atoms with Crippen molar-refractivity contribution in [1.29, 1.82) is 0 Å². The lowest BCUT2D eigenvalue weighted by Gasteiger charge is -2.26. The minimum absolute atomic E-state index is 0. The smallest absolute Gasteiger partial charge is 0.162 e. The molecular weight excluding hydrogens is 386 g/mol. The van der Waals surface area contributed by atoms with E-state index >= 15 is 0 Å². The minimum Gasteiger partial charge on any atom is -0.493 e. The van der Waals surface area contributed by atoms with Crippen LogP contribution >= 0.6 is 24.2 Å². The Morgan fingerprint density at radius 2 is 2.15 bits per heavy atom. The Balaban J connectivity index is 0.00000261. The van der Waals surface area contributed by atoms with Crippen molar-refractivity contribution in [2.75, 3.05) is 44.9 Å². The molecule has 27 heavy (non-hydrogen) atoms. The lowest BCUT2D eigenvalue weighted by Crippen LogP contribution is -2.39. The van der Waals surface area contributed by atoms with Crippen molar-refractivity contribution in [2.45, 2.75) is 31.0 Å². The number of nitrogens with one attached hydrogen (secondary N) is 1. The van der Waals surface area contributed by atoms with Gasteiger partial charge in [0.2, 0.25) is 0 Å². The molecule has 0 aromatic heterocycles. The van der Waals surface area contributed by atoms with Crippen molar-refractivity contribution in [2.24, 2.45) is 0 Å². The van der Waals surface area contributed by atoms with Crippen LogP contribution in [0.3, 0.4) is 0 Å². The Kier molecular flexibility index (Phi) is 9.07. The van der Waals surface area contributed by atoms with Gasteiger partial charge in [-0.05, 0) is 42.0 Å². The van der Waals surface area contributed by atoms with Gasteiger partial charge in [-0.25, -0.2) is 0 Å². The fourth-order valence-corrected chi connectivity index (χ4v) is 4.29. The van der Waals surface area contributed by atoms with Gasteiger partial charge in [-0.3, -0.25) is 0 Å². The number of rotatable bonds is 5. The van der Waals surface area contributed by atoms with Crippen LogP contribution in [0.2, 0.25) is 0 Å². The number of hydrogen-bond acceptors (Lipinski definition) is 6. The predicted molar refractivity (Wildman–Crippen MR) is 111 cm³/mol. The van der Waals surface area contributed by atoms with Crippen molar-refractivity contribution < 1.29 is 19.3 Å². The van der Waals surface area contributed by atoms with Gasteiger partial charge < -0.3 is 24.6 Å². The van der Waals surface area contributed by atoms with Crippen LogP contribution < -0.4 is 14.8 Å². The first-order valence-corrected chi connectivity index (χ1v) is 10.3. The zero-order valence-corrected chi connectivity index (χ0v) is 17.3. The maximum Gasteiger partial charge on any atom is 0.162 e. The number of methoxy groups -OCH3 is 1. The summed E-state index contributed by atoms with van der Waals surface area (Å²) >= 11 is 1.86. The van der Waals surface area contributed by atoms with E-state index in [1.807, 2.05) is 30.0 Å². The monoisotopic (exact) mass is 413 g/mol. The van der Waals surface area contributed by atoms with E-state index in [1.165, 1.54) is 0 Å². The van der Waals surface area contributed by atoms with E-state index in [2.05, 4.69) is 17.2 Å². The lowest BCUT2D eigenvalue weighted by molar-refractivity contribution is 0.0292. The highest BCUT2D eigenvalue weighted by molar-refractivity contribution is 7.99. The fourth-order valence-electron chi connectivity index (χ4n) is 3.12. The molecule has 2 saturated heterocycles. The summed E-state index contributed by atoms with van der Waals surface area (Å²) in [7, 11) is 1.63. The number of benzene rings is 1. The summed E-state index contributed by atoms with van der Waals surface area (Å²) in [4.78, 5) is 0. The normalized spacial score (nSPS) is 21.3. The van der Waals surface area contributed by atoms with Gasteiger partial charge in [-0.1, -0.05) is 17.9 Å². The highest BCUT2D eigenvalue weighted by atomic mass is 35.5. The first-order chi connectivity index (χ1) is 12.7. The molecule has 7 heteroatoms. The van der Waals surface area contributed by atoms with Crippen molar-refractivity contribution in [1.82, 2.24) is 5.32 Å². The van der Waals surface area contributed by atoms with Crippen molar-refractivity contribution in [3.8, 4) is 23.3 Å². The molecule has 2 heterocycles. The van der Waals surface area contributed by atoms with Gasteiger partial charge in [0.05, 0.1) is 19.8 Å². The second-order valence-corrected chi connectivity index (χ2v) is 7.85. The standard InChI is InChI=1S/C20H27NO4S.ClH/c1-23-18-4-3-16(13-17-15-21-8-10-24-17)14-19(18)25-9-2-5-20(22)6-11-26-12-7-20;/h3-4,14,17,21-22H,6-13,15H2,1H3;1H. The van der Waals surface area contributed by atoms with Gasteiger partial charge in [0, 0.05) is 19.5 Å². The average molecular weight is 414 g/mol. The first-order valence-electron chi connectivity index (χ1n) is 9.11. The van der Waals surface area contributed by atoms with Gasteiger partial charge >= 0.3 is 0 Å². The third-order valence-electron chi connectivity index (χ3n) is 4.64. The van der Waals surface area contributed by atoms with Crippen LogP contribution in [0.15, 0.2) is 18.2 Å². The summed E-state index contributed by atoms with van der Waals surface area (Å²) in [5.41, 5.74) is 0.289. The third-order valence-corrected chi connectivity index (χ3v) is 5.62. The summed E-state index contributed by atoms with van der Waals surface area (Å²) in [6, 6.07) is 5.95. The Morgan fingerprint density at radius 1 is 1.33 bits per heavy atom. The van der Waals surface area contributed by atoms with E-state index in [4.69, 9.17) is 14.2 Å². The molecule has 1 aromatic carbocycles. The van der Waals surface area contributed by atoms with Crippen molar-refractivity contribution in [3.05, 3.63) is 23.8 Å². The van der Waals surface area contributed by atoms with Crippen molar-refractivity contribution in [3.63, 3.8) is 0 Å². The molecule has 3 rings (SSSR count). The average Bonchev–Trinajstić information content (AvgIpc) is 2.67. The number of thioether (sulfide) groups is 1. The second-order valence-electron chi connectivity index (χ2n) is 6.62. The number of aliphatic hydroxyl groups is 1. The summed E-state index contributed by atoms with van der Waals surface area (Å²) < 4.78 is 17.0. The lowest BCUT2D eigenvalue weighted by atomic mass is 9.98. The van der Waals surface area contributed by atoms with Crippen LogP contribution in [0.1, 0.15) is 18.4 Å². The zero-order chi connectivity index (χ0) is 18.2. The molecule has 0 spiro atoms. The molecule has 2 aliphatic rings. The van der Waals surface area contributed by atoms with E-state index in [-0.39, 0.29) is 25.1 Å². The van der Waals surface area contributed by atoms with Gasteiger partial charge in [-0.2, -0.15) is 11.8 Å². The van der Waals surface area contributed by atoms with Crippen LogP contribution in [-0.4, -0.2) is 61.7 Å². The fraction of sp³-hybridized carbons (Fsp3) is 0.600. The molecule has 1 aromatic rings. The number of ether oxygens (including phenoxy) is 3. The van der Waals surface area contributed by atoms with E-state index < -0.39 is 5.60 Å². The maximum atomic E-state index is 10.4. The zero-order valence-electron chi connectivity index (χ0n) is 15.7. The molecule has 2 N–H and O–H groups in total. The molecule has 5 nitrogen and oxygen atoms in total. The highest BCUT2D eigenvalue weighted by Crippen LogP contribution is 2.29. The Morgan fingerprint density at radius 3 is 2.85 bits per heavy atom. The molecule has 0 bridgehead atoms. The van der Waals surface area contributed by atoms with Crippen molar-refractivity contribution >= 4 is 24.2 Å². The summed E-state index contributed by atoms with van der Waals surface area (Å²) in [5, 5.41) is 13.8. The number of halogens is 1. The molecule has 2 fully saturated rings. The Bertz CT molecular complexity index is 649. The third kappa shape index (κ3) is 6.78. The van der Waals surface area contributed by atoms with Crippen LogP contribution in [0.25, 0.3) is 0 Å². The molecule has 0 amide bonds. The van der Waals surface area contributed by atoms with Crippen LogP contribution in [0, 0.1) is 11.8 Å². The van der Waals surface area contributed by atoms with E-state index in [1.54, 1.807) is 7.11 Å². The first kappa shape index (κ1) is 22.2. The second kappa shape index (κ2) is 11.0. The quantitative estimate of drug-likeness (QED) is 0.722. The van der Waals surface area contributed by atoms with Crippen LogP contribution in [0.5, 0.6) is 11.5 Å². The van der Waals surface area contributed by atoms with Crippen LogP contribution in [0.4, 0.5) is 0 Å². The minimum atomic E-state index is -0.855. The van der Waals surface area contributed by atoms with Crippen LogP contribution in [-0.2, 0) is 11.2 Å². The predicted octanol–water partition coefficient (Wildman–Crippen LogP) is 2.29. The van der Waals surface area contributed by atoms with Gasteiger partial charge in [0.25, 0.3) is 0 Å². The van der Waals surface area contributed by atoms with E-state index in [0.717, 1.165) is 56.0 Å². The maximum absolute atomic E-state index is 10.4. The SMILES string of the molecule is COc1ccc(CC2CNCCO2)cc1OCC#CC1(O)CCSCC1.Cl. The molecular formula is C20H28ClNO4S. The van der Waals surface area contributed by atoms with Gasteiger partial charge in [0.15, 0.2) is 11.5 Å². The number of morpholine rings is 1. The highest BCUT2D eigenvalue weighted by Gasteiger charge is 2.26. The molecule has 0 saturated carbocycles. The summed E-state index contributed by atoms with van der Waals surface area (Å²) in [5.74, 6) is 9.24. The summed E-state index contributed by atoms with van der Waals surface area (Å²) in [6.45, 7) is 2.76. The topological polar surface area (TPSA) is 60.0 Å². The Hall–Kier alpha value is -1.10.